The molecule has 0 aromatic carbocycles. The van der Waals surface area contributed by atoms with E-state index in [9.17, 15) is 16.8 Å². The van der Waals surface area contributed by atoms with Crippen molar-refractivity contribution in [2.75, 3.05) is 18.6 Å². The number of sulfonamides is 1. The highest BCUT2D eigenvalue weighted by atomic mass is 32.2. The molecule has 1 aromatic rings. The molecule has 0 bridgehead atoms. The Bertz CT molecular complexity index is 606. The zero-order valence-electron chi connectivity index (χ0n) is 9.90. The van der Waals surface area contributed by atoms with Crippen molar-refractivity contribution in [2.45, 2.75) is 18.2 Å². The minimum absolute atomic E-state index is 0.0501. The summed E-state index contributed by atoms with van der Waals surface area (Å²) in [7, 11) is -5.36. The Morgan fingerprint density at radius 1 is 1.56 bits per heavy atom. The first-order valence-corrected chi connectivity index (χ1v) is 8.77. The maximum Gasteiger partial charge on any atom is 0.218 e. The molecule has 2 rings (SSSR count). The van der Waals surface area contributed by atoms with Gasteiger partial charge in [-0.25, -0.2) is 21.8 Å². The summed E-state index contributed by atoms with van der Waals surface area (Å²) in [6.45, 7) is 0.117. The second kappa shape index (κ2) is 4.63. The van der Waals surface area contributed by atoms with Gasteiger partial charge in [0.25, 0.3) is 0 Å². The van der Waals surface area contributed by atoms with E-state index >= 15 is 0 Å². The highest BCUT2D eigenvalue weighted by Gasteiger charge is 2.39. The number of imidazole rings is 1. The van der Waals surface area contributed by atoms with Gasteiger partial charge in [-0.2, -0.15) is 4.31 Å². The van der Waals surface area contributed by atoms with Crippen LogP contribution >= 0.6 is 0 Å². The van der Waals surface area contributed by atoms with E-state index < -0.39 is 25.1 Å². The maximum atomic E-state index is 12.2. The van der Waals surface area contributed by atoms with Crippen molar-refractivity contribution in [3.05, 3.63) is 18.2 Å². The Hall–Kier alpha value is -0.930. The van der Waals surface area contributed by atoms with E-state index in [-0.39, 0.29) is 24.5 Å². The molecule has 0 amide bonds. The molecule has 0 aliphatic carbocycles. The van der Waals surface area contributed by atoms with Gasteiger partial charge < -0.3 is 4.98 Å². The number of nitrogens with zero attached hydrogens (tertiary/aromatic N) is 2. The highest BCUT2D eigenvalue weighted by molar-refractivity contribution is 7.95. The summed E-state index contributed by atoms with van der Waals surface area (Å²) >= 11 is 0. The molecule has 1 unspecified atom stereocenters. The predicted octanol–water partition coefficient (Wildman–Crippen LogP) is -0.642. The van der Waals surface area contributed by atoms with Gasteiger partial charge in [-0.3, -0.25) is 0 Å². The van der Waals surface area contributed by atoms with Crippen LogP contribution in [0.15, 0.2) is 12.4 Å². The second-order valence-corrected chi connectivity index (χ2v) is 8.91. The summed E-state index contributed by atoms with van der Waals surface area (Å²) in [4.78, 5) is 6.76. The van der Waals surface area contributed by atoms with E-state index in [1.54, 1.807) is 6.20 Å². The Morgan fingerprint density at radius 3 is 2.78 bits per heavy atom. The molecule has 1 atom stereocenters. The molecule has 1 fully saturated rings. The lowest BCUT2D eigenvalue weighted by atomic mass is 10.4. The van der Waals surface area contributed by atoms with Gasteiger partial charge in [0.2, 0.25) is 10.0 Å². The summed E-state index contributed by atoms with van der Waals surface area (Å²) in [5.74, 6) is 0.200. The quantitative estimate of drug-likeness (QED) is 0.795. The average Bonchev–Trinajstić information content (AvgIpc) is 2.87. The first-order valence-electron chi connectivity index (χ1n) is 5.45. The number of H-pyrrole nitrogens is 1. The summed E-state index contributed by atoms with van der Waals surface area (Å²) in [5, 5.41) is -0.831. The maximum absolute atomic E-state index is 12.2. The van der Waals surface area contributed by atoms with Crippen molar-refractivity contribution >= 4 is 19.9 Å². The Labute approximate surface area is 106 Å². The van der Waals surface area contributed by atoms with E-state index in [1.165, 1.54) is 13.2 Å². The molecule has 1 aliphatic heterocycles. The third-order valence-corrected chi connectivity index (χ3v) is 7.20. The molecular weight excluding hydrogens is 278 g/mol. The third-order valence-electron chi connectivity index (χ3n) is 2.97. The number of hydrogen-bond donors (Lipinski definition) is 1. The monoisotopic (exact) mass is 293 g/mol. The topological polar surface area (TPSA) is 100 Å². The van der Waals surface area contributed by atoms with Crippen LogP contribution in [0.5, 0.6) is 0 Å². The number of hydrogen-bond acceptors (Lipinski definition) is 5. The van der Waals surface area contributed by atoms with Crippen LogP contribution in [0.1, 0.15) is 12.2 Å². The van der Waals surface area contributed by atoms with Crippen molar-refractivity contribution < 1.29 is 16.8 Å². The van der Waals surface area contributed by atoms with Crippen molar-refractivity contribution in [1.29, 1.82) is 0 Å². The highest BCUT2D eigenvalue weighted by Crippen LogP contribution is 2.21. The van der Waals surface area contributed by atoms with Crippen LogP contribution < -0.4 is 0 Å². The SMILES string of the molecule is CN(Cc1ncc[nH]1)S(=O)(=O)C1CCS(=O)(=O)C1. The number of aromatic amines is 1. The van der Waals surface area contributed by atoms with Gasteiger partial charge in [0.05, 0.1) is 23.3 Å². The van der Waals surface area contributed by atoms with Gasteiger partial charge in [-0.05, 0) is 6.42 Å². The third kappa shape index (κ3) is 2.73. The molecule has 102 valence electrons. The number of aromatic nitrogens is 2. The van der Waals surface area contributed by atoms with E-state index in [2.05, 4.69) is 9.97 Å². The molecule has 0 spiro atoms. The molecule has 0 radical (unpaired) electrons. The van der Waals surface area contributed by atoms with Crippen molar-refractivity contribution in [3.63, 3.8) is 0 Å². The zero-order chi connectivity index (χ0) is 13.4. The molecule has 18 heavy (non-hydrogen) atoms. The fraction of sp³-hybridized carbons (Fsp3) is 0.667. The van der Waals surface area contributed by atoms with Gasteiger partial charge >= 0.3 is 0 Å². The lowest BCUT2D eigenvalue weighted by molar-refractivity contribution is 0.449. The number of nitrogens with one attached hydrogen (secondary N) is 1. The Balaban J connectivity index is 2.11. The summed E-state index contributed by atoms with van der Waals surface area (Å²) < 4.78 is 48.1. The molecule has 9 heteroatoms. The second-order valence-electron chi connectivity index (χ2n) is 4.36. The molecule has 1 aromatic heterocycles. The Kier molecular flexibility index (Phi) is 3.47. The minimum atomic E-state index is -3.59. The van der Waals surface area contributed by atoms with Crippen LogP contribution in [0.25, 0.3) is 0 Å². The lowest BCUT2D eigenvalue weighted by Gasteiger charge is -2.19. The summed E-state index contributed by atoms with van der Waals surface area (Å²) in [5.41, 5.74) is 0. The van der Waals surface area contributed by atoms with E-state index in [0.29, 0.717) is 5.82 Å². The van der Waals surface area contributed by atoms with Crippen LogP contribution in [-0.4, -0.2) is 54.9 Å². The first kappa shape index (κ1) is 13.5. The average molecular weight is 293 g/mol. The molecule has 1 aliphatic rings. The largest absolute Gasteiger partial charge is 0.347 e. The predicted molar refractivity (Wildman–Crippen MR) is 66.0 cm³/mol. The van der Waals surface area contributed by atoms with Crippen LogP contribution in [0.2, 0.25) is 0 Å². The minimum Gasteiger partial charge on any atom is -0.347 e. The normalized spacial score (nSPS) is 23.6. The smallest absolute Gasteiger partial charge is 0.218 e. The fourth-order valence-corrected chi connectivity index (χ4v) is 6.17. The number of sulfone groups is 1. The van der Waals surface area contributed by atoms with Crippen molar-refractivity contribution in [2.24, 2.45) is 0 Å². The summed E-state index contributed by atoms with van der Waals surface area (Å²) in [6.07, 6.45) is 3.32. The Morgan fingerprint density at radius 2 is 2.28 bits per heavy atom. The van der Waals surface area contributed by atoms with Crippen molar-refractivity contribution in [1.82, 2.24) is 14.3 Å². The van der Waals surface area contributed by atoms with Gasteiger partial charge in [0, 0.05) is 19.4 Å². The standard InChI is InChI=1S/C9H15N3O4S2/c1-12(6-9-10-3-4-11-9)18(15,16)8-2-5-17(13,14)7-8/h3-4,8H,2,5-7H2,1H3,(H,10,11). The van der Waals surface area contributed by atoms with Gasteiger partial charge in [-0.15, -0.1) is 0 Å². The number of rotatable bonds is 4. The molecule has 1 saturated heterocycles. The summed E-state index contributed by atoms with van der Waals surface area (Å²) in [6, 6.07) is 0. The first-order chi connectivity index (χ1) is 8.31. The lowest BCUT2D eigenvalue weighted by Crippen LogP contribution is -2.36. The fourth-order valence-electron chi connectivity index (χ4n) is 1.94. The van der Waals surface area contributed by atoms with Crippen LogP contribution in [0, 0.1) is 0 Å². The molecule has 1 N–H and O–H groups in total. The molecular formula is C9H15N3O4S2. The van der Waals surface area contributed by atoms with E-state index in [0.717, 1.165) is 4.31 Å². The van der Waals surface area contributed by atoms with Gasteiger partial charge in [0.15, 0.2) is 9.84 Å². The van der Waals surface area contributed by atoms with E-state index in [1.807, 2.05) is 0 Å². The van der Waals surface area contributed by atoms with Crippen LogP contribution in [0.4, 0.5) is 0 Å². The molecule has 7 nitrogen and oxygen atoms in total. The van der Waals surface area contributed by atoms with Gasteiger partial charge in [-0.1, -0.05) is 0 Å². The van der Waals surface area contributed by atoms with Crippen LogP contribution in [-0.2, 0) is 26.4 Å². The van der Waals surface area contributed by atoms with E-state index in [4.69, 9.17) is 0 Å². The van der Waals surface area contributed by atoms with Crippen molar-refractivity contribution in [3.8, 4) is 0 Å². The zero-order valence-corrected chi connectivity index (χ0v) is 11.5. The van der Waals surface area contributed by atoms with Crippen LogP contribution in [0.3, 0.4) is 0 Å². The molecule has 0 saturated carbocycles. The van der Waals surface area contributed by atoms with Gasteiger partial charge in [0.1, 0.15) is 5.82 Å². The molecule has 2 heterocycles.